The van der Waals surface area contributed by atoms with E-state index in [1.807, 2.05) is 25.9 Å². The number of nitrogens with zero attached hydrogens (tertiary/aromatic N) is 2. The molecule has 0 bridgehead atoms. The van der Waals surface area contributed by atoms with Gasteiger partial charge in [0, 0.05) is 20.3 Å². The standard InChI is InChI=1S/C8H14N2/c1-7(2)6-9-8(3)10(4)5/h6H,1,3H2,2,4-5H3/b9-6-. The minimum atomic E-state index is 0.739. The molecule has 0 aromatic rings. The Kier molecular flexibility index (Phi) is 3.47. The maximum absolute atomic E-state index is 4.03. The van der Waals surface area contributed by atoms with Crippen molar-refractivity contribution in [1.82, 2.24) is 4.90 Å². The van der Waals surface area contributed by atoms with Gasteiger partial charge >= 0.3 is 0 Å². The molecule has 0 radical (unpaired) electrons. The van der Waals surface area contributed by atoms with Crippen LogP contribution in [0.15, 0.2) is 29.5 Å². The molecule has 0 N–H and O–H groups in total. The van der Waals surface area contributed by atoms with Gasteiger partial charge in [0.2, 0.25) is 0 Å². The van der Waals surface area contributed by atoms with Gasteiger partial charge in [-0.1, -0.05) is 13.2 Å². The molecule has 0 spiro atoms. The van der Waals surface area contributed by atoms with Crippen molar-refractivity contribution in [3.8, 4) is 0 Å². The smallest absolute Gasteiger partial charge is 0.120 e. The first-order chi connectivity index (χ1) is 4.54. The summed E-state index contributed by atoms with van der Waals surface area (Å²) in [6.45, 7) is 9.29. The normalized spacial score (nSPS) is 9.90. The number of hydrogen-bond acceptors (Lipinski definition) is 2. The van der Waals surface area contributed by atoms with E-state index in [0.717, 1.165) is 11.4 Å². The lowest BCUT2D eigenvalue weighted by molar-refractivity contribution is 0.510. The topological polar surface area (TPSA) is 15.6 Å². The van der Waals surface area contributed by atoms with Crippen molar-refractivity contribution in [3.63, 3.8) is 0 Å². The molecule has 0 fully saturated rings. The van der Waals surface area contributed by atoms with Gasteiger partial charge in [0.1, 0.15) is 5.82 Å². The number of hydrogen-bond donors (Lipinski definition) is 0. The fourth-order valence-corrected chi connectivity index (χ4v) is 0.300. The fraction of sp³-hybridized carbons (Fsp3) is 0.375. The van der Waals surface area contributed by atoms with Crippen LogP contribution < -0.4 is 0 Å². The Balaban J connectivity index is 3.90. The molecule has 2 nitrogen and oxygen atoms in total. The summed E-state index contributed by atoms with van der Waals surface area (Å²) in [5.74, 6) is 0.739. The van der Waals surface area contributed by atoms with Gasteiger partial charge in [-0.2, -0.15) is 0 Å². The summed E-state index contributed by atoms with van der Waals surface area (Å²) in [6, 6.07) is 0. The Labute approximate surface area is 62.6 Å². The van der Waals surface area contributed by atoms with E-state index in [1.165, 1.54) is 0 Å². The van der Waals surface area contributed by atoms with Gasteiger partial charge < -0.3 is 4.90 Å². The summed E-state index contributed by atoms with van der Waals surface area (Å²) in [4.78, 5) is 5.88. The molecule has 0 heterocycles. The van der Waals surface area contributed by atoms with Gasteiger partial charge in [-0.25, -0.2) is 4.99 Å². The Morgan fingerprint density at radius 3 is 2.20 bits per heavy atom. The van der Waals surface area contributed by atoms with Crippen molar-refractivity contribution < 1.29 is 0 Å². The molecule has 0 aliphatic heterocycles. The number of aliphatic imine (C=N–C) groups is 1. The molecule has 0 aliphatic rings. The second-order valence-corrected chi connectivity index (χ2v) is 2.42. The van der Waals surface area contributed by atoms with Crippen molar-refractivity contribution in [1.29, 1.82) is 0 Å². The minimum absolute atomic E-state index is 0.739. The van der Waals surface area contributed by atoms with Gasteiger partial charge in [-0.3, -0.25) is 0 Å². The monoisotopic (exact) mass is 138 g/mol. The van der Waals surface area contributed by atoms with Crippen molar-refractivity contribution >= 4 is 6.21 Å². The van der Waals surface area contributed by atoms with Crippen LogP contribution in [0.4, 0.5) is 0 Å². The lowest BCUT2D eigenvalue weighted by Crippen LogP contribution is -2.07. The highest BCUT2D eigenvalue weighted by Gasteiger charge is 1.88. The quantitative estimate of drug-likeness (QED) is 0.541. The van der Waals surface area contributed by atoms with E-state index in [4.69, 9.17) is 0 Å². The van der Waals surface area contributed by atoms with Crippen LogP contribution in [0.25, 0.3) is 0 Å². The predicted molar refractivity (Wildman–Crippen MR) is 46.1 cm³/mol. The zero-order chi connectivity index (χ0) is 8.15. The summed E-state index contributed by atoms with van der Waals surface area (Å²) < 4.78 is 0. The van der Waals surface area contributed by atoms with Crippen molar-refractivity contribution in [2.75, 3.05) is 14.1 Å². The van der Waals surface area contributed by atoms with Crippen LogP contribution in [-0.4, -0.2) is 25.2 Å². The van der Waals surface area contributed by atoms with Crippen LogP contribution in [0, 0.1) is 0 Å². The van der Waals surface area contributed by atoms with E-state index >= 15 is 0 Å². The fourth-order valence-electron chi connectivity index (χ4n) is 0.300. The molecule has 0 aromatic carbocycles. The van der Waals surface area contributed by atoms with E-state index in [2.05, 4.69) is 18.2 Å². The average molecular weight is 138 g/mol. The van der Waals surface area contributed by atoms with Crippen LogP contribution in [0.2, 0.25) is 0 Å². The maximum atomic E-state index is 4.03. The second kappa shape index (κ2) is 3.88. The van der Waals surface area contributed by atoms with E-state index in [-0.39, 0.29) is 0 Å². The van der Waals surface area contributed by atoms with Crippen LogP contribution in [0.1, 0.15) is 6.92 Å². The highest BCUT2D eigenvalue weighted by molar-refractivity contribution is 5.77. The zero-order valence-corrected chi connectivity index (χ0v) is 6.89. The molecule has 10 heavy (non-hydrogen) atoms. The molecular weight excluding hydrogens is 124 g/mol. The third kappa shape index (κ3) is 3.89. The highest BCUT2D eigenvalue weighted by Crippen LogP contribution is 1.95. The Morgan fingerprint density at radius 1 is 1.40 bits per heavy atom. The molecule has 0 saturated carbocycles. The van der Waals surface area contributed by atoms with Gasteiger partial charge in [0.05, 0.1) is 0 Å². The van der Waals surface area contributed by atoms with Crippen LogP contribution in [-0.2, 0) is 0 Å². The molecule has 0 aromatic heterocycles. The van der Waals surface area contributed by atoms with Gasteiger partial charge in [0.15, 0.2) is 0 Å². The maximum Gasteiger partial charge on any atom is 0.120 e. The lowest BCUT2D eigenvalue weighted by atomic mass is 10.4. The third-order valence-corrected chi connectivity index (χ3v) is 0.950. The Morgan fingerprint density at radius 2 is 1.90 bits per heavy atom. The lowest BCUT2D eigenvalue weighted by Gasteiger charge is -2.09. The molecular formula is C8H14N2. The summed E-state index contributed by atoms with van der Waals surface area (Å²) in [6.07, 6.45) is 1.70. The van der Waals surface area contributed by atoms with Crippen molar-refractivity contribution in [2.24, 2.45) is 4.99 Å². The van der Waals surface area contributed by atoms with E-state index in [1.54, 1.807) is 6.21 Å². The van der Waals surface area contributed by atoms with Gasteiger partial charge in [-0.05, 0) is 12.5 Å². The zero-order valence-electron chi connectivity index (χ0n) is 6.89. The largest absolute Gasteiger partial charge is 0.363 e. The molecule has 56 valence electrons. The summed E-state index contributed by atoms with van der Waals surface area (Å²) in [7, 11) is 3.80. The van der Waals surface area contributed by atoms with Crippen molar-refractivity contribution in [3.05, 3.63) is 24.6 Å². The van der Waals surface area contributed by atoms with Gasteiger partial charge in [-0.15, -0.1) is 0 Å². The molecule has 0 unspecified atom stereocenters. The molecule has 2 heteroatoms. The first-order valence-electron chi connectivity index (χ1n) is 3.10. The molecule has 0 atom stereocenters. The van der Waals surface area contributed by atoms with Crippen molar-refractivity contribution in [2.45, 2.75) is 6.92 Å². The third-order valence-electron chi connectivity index (χ3n) is 0.950. The molecule has 0 saturated heterocycles. The molecule has 0 rings (SSSR count). The number of rotatable bonds is 3. The average Bonchev–Trinajstić information content (AvgIpc) is 1.82. The predicted octanol–water partition coefficient (Wildman–Crippen LogP) is 1.67. The first-order valence-corrected chi connectivity index (χ1v) is 3.10. The minimum Gasteiger partial charge on any atom is -0.363 e. The molecule has 0 aliphatic carbocycles. The van der Waals surface area contributed by atoms with E-state index in [0.29, 0.717) is 0 Å². The highest BCUT2D eigenvalue weighted by atomic mass is 15.2. The van der Waals surface area contributed by atoms with Crippen LogP contribution in [0.3, 0.4) is 0 Å². The summed E-state index contributed by atoms with van der Waals surface area (Å²) in [5, 5.41) is 0. The number of allylic oxidation sites excluding steroid dienone is 1. The summed E-state index contributed by atoms with van der Waals surface area (Å²) >= 11 is 0. The Hall–Kier alpha value is -1.05. The van der Waals surface area contributed by atoms with Crippen LogP contribution in [0.5, 0.6) is 0 Å². The van der Waals surface area contributed by atoms with E-state index in [9.17, 15) is 0 Å². The molecule has 0 amide bonds. The van der Waals surface area contributed by atoms with E-state index < -0.39 is 0 Å². The second-order valence-electron chi connectivity index (χ2n) is 2.42. The van der Waals surface area contributed by atoms with Gasteiger partial charge in [0.25, 0.3) is 0 Å². The first kappa shape index (κ1) is 8.95. The SMILES string of the molecule is C=C(C)/C=N\C(=C)N(C)C. The summed E-state index contributed by atoms with van der Waals surface area (Å²) in [5.41, 5.74) is 0.933. The van der Waals surface area contributed by atoms with Crippen LogP contribution >= 0.6 is 0 Å². The Bertz CT molecular complexity index is 166.